The zero-order chi connectivity index (χ0) is 20.9. The lowest BCUT2D eigenvalue weighted by molar-refractivity contribution is -0.120. The van der Waals surface area contributed by atoms with Gasteiger partial charge in [-0.25, -0.2) is 12.7 Å². The van der Waals surface area contributed by atoms with Crippen molar-refractivity contribution in [2.45, 2.75) is 32.6 Å². The third-order valence-electron chi connectivity index (χ3n) is 5.32. The molecule has 2 aromatic rings. The quantitative estimate of drug-likeness (QED) is 0.707. The number of nitrogens with zero attached hydrogens (tertiary/aromatic N) is 1. The van der Waals surface area contributed by atoms with Crippen LogP contribution in [0.25, 0.3) is 0 Å². The zero-order valence-corrected chi connectivity index (χ0v) is 18.2. The normalized spacial score (nSPS) is 17.8. The number of nitrogens with one attached hydrogen (secondary N) is 1. The lowest BCUT2D eigenvalue weighted by atomic mass is 9.98. The SMILES string of the molecule is Cc1ccc(Cl)cc1NC(=O)C1CCCN(S(=O)(=O)CCCc2ccccc2)C1. The maximum atomic E-state index is 12.8. The Kier molecular flexibility index (Phi) is 7.33. The van der Waals surface area contributed by atoms with Gasteiger partial charge in [-0.05, 0) is 55.9 Å². The number of sulfonamides is 1. The molecule has 29 heavy (non-hydrogen) atoms. The number of carbonyl (C=O) groups is 1. The van der Waals surface area contributed by atoms with Crippen molar-refractivity contribution in [3.05, 3.63) is 64.7 Å². The van der Waals surface area contributed by atoms with Crippen LogP contribution < -0.4 is 5.32 Å². The summed E-state index contributed by atoms with van der Waals surface area (Å²) in [6.07, 6.45) is 2.67. The predicted octanol–water partition coefficient (Wildman–Crippen LogP) is 4.26. The molecule has 1 heterocycles. The number of benzene rings is 2. The van der Waals surface area contributed by atoms with Crippen LogP contribution in [-0.2, 0) is 21.2 Å². The molecule has 1 N–H and O–H groups in total. The standard InChI is InChI=1S/C22H27ClN2O3S/c1-17-11-12-20(23)15-21(17)24-22(26)19-10-5-13-25(16-19)29(27,28)14-6-9-18-7-3-2-4-8-18/h2-4,7-8,11-12,15,19H,5-6,9-10,13-14,16H2,1H3,(H,24,26). The molecule has 3 rings (SSSR count). The van der Waals surface area contributed by atoms with Crippen LogP contribution in [0, 0.1) is 12.8 Å². The summed E-state index contributed by atoms with van der Waals surface area (Å²) < 4.78 is 27.0. The van der Waals surface area contributed by atoms with E-state index in [0.717, 1.165) is 17.5 Å². The third-order valence-corrected chi connectivity index (χ3v) is 7.47. The van der Waals surface area contributed by atoms with E-state index in [1.165, 1.54) is 4.31 Å². The Hall–Kier alpha value is -1.89. The van der Waals surface area contributed by atoms with E-state index >= 15 is 0 Å². The topological polar surface area (TPSA) is 66.5 Å². The molecule has 0 aromatic heterocycles. The number of hydrogen-bond donors (Lipinski definition) is 1. The molecule has 1 atom stereocenters. The molecule has 5 nitrogen and oxygen atoms in total. The first kappa shape index (κ1) is 21.8. The molecule has 1 aliphatic rings. The average molecular weight is 435 g/mol. The summed E-state index contributed by atoms with van der Waals surface area (Å²) in [6, 6.07) is 15.2. The fraction of sp³-hybridized carbons (Fsp3) is 0.409. The van der Waals surface area contributed by atoms with Crippen molar-refractivity contribution in [3.8, 4) is 0 Å². The minimum absolute atomic E-state index is 0.101. The van der Waals surface area contributed by atoms with Crippen LogP contribution in [0.3, 0.4) is 0 Å². The van der Waals surface area contributed by atoms with Crippen LogP contribution in [-0.4, -0.2) is 37.5 Å². The molecule has 0 spiro atoms. The Morgan fingerprint density at radius 2 is 1.97 bits per heavy atom. The second-order valence-electron chi connectivity index (χ2n) is 7.55. The van der Waals surface area contributed by atoms with E-state index < -0.39 is 10.0 Å². The number of halogens is 1. The van der Waals surface area contributed by atoms with Crippen LogP contribution in [0.4, 0.5) is 5.69 Å². The Labute approximate surface area is 178 Å². The van der Waals surface area contributed by atoms with E-state index in [1.54, 1.807) is 12.1 Å². The highest BCUT2D eigenvalue weighted by Crippen LogP contribution is 2.24. The van der Waals surface area contributed by atoms with Crippen LogP contribution >= 0.6 is 11.6 Å². The fourth-order valence-corrected chi connectivity index (χ4v) is 5.36. The van der Waals surface area contributed by atoms with Gasteiger partial charge in [0, 0.05) is 23.8 Å². The maximum absolute atomic E-state index is 12.8. The van der Waals surface area contributed by atoms with Crippen LogP contribution in [0.1, 0.15) is 30.4 Å². The monoisotopic (exact) mass is 434 g/mol. The van der Waals surface area contributed by atoms with Gasteiger partial charge in [-0.15, -0.1) is 0 Å². The first-order chi connectivity index (χ1) is 13.8. The van der Waals surface area contributed by atoms with Crippen LogP contribution in [0.15, 0.2) is 48.5 Å². The van der Waals surface area contributed by atoms with Crippen molar-refractivity contribution in [3.63, 3.8) is 0 Å². The number of amides is 1. The van der Waals surface area contributed by atoms with Gasteiger partial charge in [-0.3, -0.25) is 4.79 Å². The lowest BCUT2D eigenvalue weighted by Crippen LogP contribution is -2.44. The molecule has 1 amide bonds. The number of piperidine rings is 1. The van der Waals surface area contributed by atoms with Gasteiger partial charge in [0.2, 0.25) is 15.9 Å². The fourth-order valence-electron chi connectivity index (χ4n) is 3.61. The third kappa shape index (κ3) is 6.04. The summed E-state index contributed by atoms with van der Waals surface area (Å²) in [5, 5.41) is 3.47. The minimum Gasteiger partial charge on any atom is -0.326 e. The lowest BCUT2D eigenvalue weighted by Gasteiger charge is -2.31. The molecule has 1 fully saturated rings. The summed E-state index contributed by atoms with van der Waals surface area (Å²) in [7, 11) is -3.38. The van der Waals surface area contributed by atoms with E-state index in [2.05, 4.69) is 5.32 Å². The van der Waals surface area contributed by atoms with E-state index in [4.69, 9.17) is 11.6 Å². The predicted molar refractivity (Wildman–Crippen MR) is 118 cm³/mol. The van der Waals surface area contributed by atoms with Crippen molar-refractivity contribution in [2.24, 2.45) is 5.92 Å². The zero-order valence-electron chi connectivity index (χ0n) is 16.6. The van der Waals surface area contributed by atoms with Gasteiger partial charge in [0.1, 0.15) is 0 Å². The van der Waals surface area contributed by atoms with Crippen LogP contribution in [0.5, 0.6) is 0 Å². The number of carbonyl (C=O) groups excluding carboxylic acids is 1. The van der Waals surface area contributed by atoms with Gasteiger partial charge in [0.15, 0.2) is 0 Å². The molecule has 1 saturated heterocycles. The molecule has 1 unspecified atom stereocenters. The molecule has 0 saturated carbocycles. The smallest absolute Gasteiger partial charge is 0.228 e. The van der Waals surface area contributed by atoms with Gasteiger partial charge in [0.25, 0.3) is 0 Å². The highest BCUT2D eigenvalue weighted by Gasteiger charge is 2.32. The maximum Gasteiger partial charge on any atom is 0.228 e. The molecule has 156 valence electrons. The Morgan fingerprint density at radius 3 is 2.72 bits per heavy atom. The number of anilines is 1. The molecule has 0 bridgehead atoms. The Balaban J connectivity index is 1.57. The van der Waals surface area contributed by atoms with Gasteiger partial charge in [-0.1, -0.05) is 48.0 Å². The van der Waals surface area contributed by atoms with Gasteiger partial charge < -0.3 is 5.32 Å². The van der Waals surface area contributed by atoms with Gasteiger partial charge in [-0.2, -0.15) is 0 Å². The number of rotatable bonds is 7. The summed E-state index contributed by atoms with van der Waals surface area (Å²) in [6.45, 7) is 2.61. The number of aryl methyl sites for hydroxylation is 2. The van der Waals surface area contributed by atoms with Crippen molar-refractivity contribution in [2.75, 3.05) is 24.2 Å². The van der Waals surface area contributed by atoms with Crippen molar-refractivity contribution < 1.29 is 13.2 Å². The molecule has 0 aliphatic carbocycles. The number of hydrogen-bond acceptors (Lipinski definition) is 3. The highest BCUT2D eigenvalue weighted by molar-refractivity contribution is 7.89. The van der Waals surface area contributed by atoms with Crippen LogP contribution in [0.2, 0.25) is 5.02 Å². The van der Waals surface area contributed by atoms with E-state index in [9.17, 15) is 13.2 Å². The second-order valence-corrected chi connectivity index (χ2v) is 10.1. The first-order valence-electron chi connectivity index (χ1n) is 9.94. The molecule has 2 aromatic carbocycles. The highest BCUT2D eigenvalue weighted by atomic mass is 35.5. The Morgan fingerprint density at radius 1 is 1.21 bits per heavy atom. The van der Waals surface area contributed by atoms with E-state index in [0.29, 0.717) is 36.5 Å². The van der Waals surface area contributed by atoms with E-state index in [1.807, 2.05) is 43.3 Å². The molecule has 1 aliphatic heterocycles. The molecule has 0 radical (unpaired) electrons. The first-order valence-corrected chi connectivity index (χ1v) is 11.9. The summed E-state index contributed by atoms with van der Waals surface area (Å²) in [5.41, 5.74) is 2.73. The summed E-state index contributed by atoms with van der Waals surface area (Å²) in [5.74, 6) is -0.408. The Bertz CT molecular complexity index is 948. The van der Waals surface area contributed by atoms with Crippen molar-refractivity contribution >= 4 is 33.2 Å². The van der Waals surface area contributed by atoms with Gasteiger partial charge >= 0.3 is 0 Å². The minimum atomic E-state index is -3.38. The molecular formula is C22H27ClN2O3S. The van der Waals surface area contributed by atoms with Crippen molar-refractivity contribution in [1.82, 2.24) is 4.31 Å². The average Bonchev–Trinajstić information content (AvgIpc) is 2.71. The van der Waals surface area contributed by atoms with E-state index in [-0.39, 0.29) is 24.1 Å². The summed E-state index contributed by atoms with van der Waals surface area (Å²) >= 11 is 6.02. The van der Waals surface area contributed by atoms with Crippen molar-refractivity contribution in [1.29, 1.82) is 0 Å². The van der Waals surface area contributed by atoms with Gasteiger partial charge in [0.05, 0.1) is 11.7 Å². The second kappa shape index (κ2) is 9.74. The molecule has 7 heteroatoms. The summed E-state index contributed by atoms with van der Waals surface area (Å²) in [4.78, 5) is 12.7. The molecular weight excluding hydrogens is 408 g/mol. The largest absolute Gasteiger partial charge is 0.326 e.